The minimum absolute atomic E-state index is 0.108. The molecule has 1 N–H and O–H groups in total. The van der Waals surface area contributed by atoms with E-state index in [-0.39, 0.29) is 11.6 Å². The second-order valence-electron chi connectivity index (χ2n) is 5.54. The fraction of sp³-hybridized carbons (Fsp3) is 0.278. The smallest absolute Gasteiger partial charge is 0.269 e. The Hall–Kier alpha value is -2.49. The van der Waals surface area contributed by atoms with Crippen molar-refractivity contribution in [3.8, 4) is 0 Å². The van der Waals surface area contributed by atoms with Crippen LogP contribution in [0.4, 0.5) is 5.69 Å². The lowest BCUT2D eigenvalue weighted by molar-refractivity contribution is -0.384. The van der Waals surface area contributed by atoms with Crippen molar-refractivity contribution in [1.82, 2.24) is 0 Å². The van der Waals surface area contributed by atoms with E-state index in [2.05, 4.69) is 19.1 Å². The van der Waals surface area contributed by atoms with Gasteiger partial charge in [0.25, 0.3) is 5.69 Å². The first-order chi connectivity index (χ1) is 10.6. The summed E-state index contributed by atoms with van der Waals surface area (Å²) in [6.07, 6.45) is 2.31. The first kappa shape index (κ1) is 15.9. The van der Waals surface area contributed by atoms with Gasteiger partial charge in [-0.25, -0.2) is 0 Å². The van der Waals surface area contributed by atoms with Gasteiger partial charge >= 0.3 is 0 Å². The molecule has 0 aliphatic carbocycles. The number of aryl methyl sites for hydroxylation is 1. The third kappa shape index (κ3) is 4.52. The van der Waals surface area contributed by atoms with Gasteiger partial charge in [0.2, 0.25) is 0 Å². The maximum absolute atomic E-state index is 10.6. The van der Waals surface area contributed by atoms with Gasteiger partial charge < -0.3 is 5.41 Å². The van der Waals surface area contributed by atoms with E-state index < -0.39 is 4.92 Å². The van der Waals surface area contributed by atoms with E-state index in [4.69, 9.17) is 5.41 Å². The molecule has 2 aromatic carbocycles. The number of benzene rings is 2. The van der Waals surface area contributed by atoms with Crippen molar-refractivity contribution in [2.45, 2.75) is 26.2 Å². The summed E-state index contributed by atoms with van der Waals surface area (Å²) in [5.74, 6) is 0.209. The molecule has 1 unspecified atom stereocenters. The van der Waals surface area contributed by atoms with Crippen LogP contribution in [0.5, 0.6) is 0 Å². The Bertz CT molecular complexity index is 636. The molecule has 0 aliphatic heterocycles. The van der Waals surface area contributed by atoms with E-state index in [9.17, 15) is 10.1 Å². The molecule has 4 heteroatoms. The Balaban J connectivity index is 1.85. The minimum Gasteiger partial charge on any atom is -0.309 e. The zero-order chi connectivity index (χ0) is 15.9. The molecule has 0 saturated carbocycles. The summed E-state index contributed by atoms with van der Waals surface area (Å²) >= 11 is 0. The van der Waals surface area contributed by atoms with E-state index in [1.807, 2.05) is 18.2 Å². The van der Waals surface area contributed by atoms with Crippen LogP contribution in [-0.4, -0.2) is 10.6 Å². The molecule has 0 amide bonds. The standard InChI is InChI=1S/C18H20N2O2/c1-14(13-16-5-3-2-4-6-16)18(19)12-9-15-7-10-17(11-8-15)20(21)22/h2-8,10-11,14,19H,9,12-13H2,1H3. The van der Waals surface area contributed by atoms with Crippen molar-refractivity contribution < 1.29 is 4.92 Å². The molecule has 0 saturated heterocycles. The van der Waals surface area contributed by atoms with Gasteiger partial charge in [0.15, 0.2) is 0 Å². The molecule has 4 nitrogen and oxygen atoms in total. The Morgan fingerprint density at radius 1 is 1.09 bits per heavy atom. The lowest BCUT2D eigenvalue weighted by atomic mass is 9.93. The van der Waals surface area contributed by atoms with Crippen molar-refractivity contribution in [3.63, 3.8) is 0 Å². The first-order valence-electron chi connectivity index (χ1n) is 7.41. The monoisotopic (exact) mass is 296 g/mol. The van der Waals surface area contributed by atoms with E-state index in [1.165, 1.54) is 17.7 Å². The van der Waals surface area contributed by atoms with Crippen LogP contribution in [-0.2, 0) is 12.8 Å². The molecule has 0 fully saturated rings. The summed E-state index contributed by atoms with van der Waals surface area (Å²) in [6, 6.07) is 16.8. The van der Waals surface area contributed by atoms with Gasteiger partial charge in [-0.05, 0) is 36.3 Å². The Morgan fingerprint density at radius 2 is 1.73 bits per heavy atom. The molecule has 0 spiro atoms. The van der Waals surface area contributed by atoms with Crippen LogP contribution in [0.15, 0.2) is 54.6 Å². The minimum atomic E-state index is -0.395. The highest BCUT2D eigenvalue weighted by atomic mass is 16.6. The highest BCUT2D eigenvalue weighted by Gasteiger charge is 2.10. The number of nitrogens with one attached hydrogen (secondary N) is 1. The molecule has 0 bridgehead atoms. The van der Waals surface area contributed by atoms with Gasteiger partial charge in [-0.1, -0.05) is 49.4 Å². The average Bonchev–Trinajstić information content (AvgIpc) is 2.53. The number of nitrogens with zero attached hydrogens (tertiary/aromatic N) is 1. The molecular weight excluding hydrogens is 276 g/mol. The third-order valence-electron chi connectivity index (χ3n) is 3.81. The van der Waals surface area contributed by atoms with Gasteiger partial charge in [0.05, 0.1) is 4.92 Å². The molecule has 2 rings (SSSR count). The molecule has 114 valence electrons. The predicted octanol–water partition coefficient (Wildman–Crippen LogP) is 4.43. The van der Waals surface area contributed by atoms with Crippen LogP contribution in [0.2, 0.25) is 0 Å². The van der Waals surface area contributed by atoms with Crippen molar-refractivity contribution in [1.29, 1.82) is 5.41 Å². The predicted molar refractivity (Wildman–Crippen MR) is 88.5 cm³/mol. The number of non-ortho nitro benzene ring substituents is 1. The fourth-order valence-corrected chi connectivity index (χ4v) is 2.40. The van der Waals surface area contributed by atoms with Crippen LogP contribution in [0.25, 0.3) is 0 Å². The number of nitro groups is 1. The van der Waals surface area contributed by atoms with E-state index >= 15 is 0 Å². The molecule has 1 atom stereocenters. The second kappa shape index (κ2) is 7.50. The number of hydrogen-bond donors (Lipinski definition) is 1. The van der Waals surface area contributed by atoms with Crippen LogP contribution in [0, 0.1) is 21.4 Å². The topological polar surface area (TPSA) is 67.0 Å². The van der Waals surface area contributed by atoms with E-state index in [1.54, 1.807) is 12.1 Å². The van der Waals surface area contributed by atoms with Crippen molar-refractivity contribution in [2.24, 2.45) is 5.92 Å². The number of hydrogen-bond acceptors (Lipinski definition) is 3. The highest BCUT2D eigenvalue weighted by molar-refractivity contribution is 5.83. The zero-order valence-corrected chi connectivity index (χ0v) is 12.7. The molecule has 0 radical (unpaired) electrons. The Labute approximate surface area is 130 Å². The Kier molecular flexibility index (Phi) is 5.42. The van der Waals surface area contributed by atoms with Crippen LogP contribution in [0.3, 0.4) is 0 Å². The summed E-state index contributed by atoms with van der Waals surface area (Å²) < 4.78 is 0. The lowest BCUT2D eigenvalue weighted by Gasteiger charge is -2.13. The summed E-state index contributed by atoms with van der Waals surface area (Å²) in [6.45, 7) is 2.07. The second-order valence-corrected chi connectivity index (χ2v) is 5.54. The number of rotatable bonds is 7. The maximum atomic E-state index is 10.6. The quantitative estimate of drug-likeness (QED) is 0.466. The maximum Gasteiger partial charge on any atom is 0.269 e. The zero-order valence-electron chi connectivity index (χ0n) is 12.7. The molecule has 0 aromatic heterocycles. The van der Waals surface area contributed by atoms with Crippen molar-refractivity contribution in [3.05, 3.63) is 75.8 Å². The fourth-order valence-electron chi connectivity index (χ4n) is 2.40. The molecule has 0 heterocycles. The van der Waals surface area contributed by atoms with Gasteiger partial charge in [-0.3, -0.25) is 10.1 Å². The van der Waals surface area contributed by atoms with Crippen LogP contribution < -0.4 is 0 Å². The third-order valence-corrected chi connectivity index (χ3v) is 3.81. The summed E-state index contributed by atoms with van der Waals surface area (Å²) in [4.78, 5) is 10.2. The summed E-state index contributed by atoms with van der Waals surface area (Å²) in [5, 5.41) is 18.8. The SMILES string of the molecule is CC(Cc1ccccc1)C(=N)CCc1ccc([N+](=O)[O-])cc1. The van der Waals surface area contributed by atoms with Gasteiger partial charge in [0, 0.05) is 17.8 Å². The normalized spacial score (nSPS) is 11.9. The Morgan fingerprint density at radius 3 is 2.32 bits per heavy atom. The van der Waals surface area contributed by atoms with Crippen LogP contribution >= 0.6 is 0 Å². The number of nitro benzene ring substituents is 1. The molecule has 2 aromatic rings. The first-order valence-corrected chi connectivity index (χ1v) is 7.41. The summed E-state index contributed by atoms with van der Waals surface area (Å²) in [5.41, 5.74) is 3.11. The van der Waals surface area contributed by atoms with Gasteiger partial charge in [-0.2, -0.15) is 0 Å². The molecular formula is C18H20N2O2. The van der Waals surface area contributed by atoms with Gasteiger partial charge in [-0.15, -0.1) is 0 Å². The highest BCUT2D eigenvalue weighted by Crippen LogP contribution is 2.16. The van der Waals surface area contributed by atoms with E-state index in [0.717, 1.165) is 24.1 Å². The molecule has 22 heavy (non-hydrogen) atoms. The lowest BCUT2D eigenvalue weighted by Crippen LogP contribution is -2.13. The van der Waals surface area contributed by atoms with Crippen LogP contribution in [0.1, 0.15) is 24.5 Å². The average molecular weight is 296 g/mol. The van der Waals surface area contributed by atoms with E-state index in [0.29, 0.717) is 6.42 Å². The largest absolute Gasteiger partial charge is 0.309 e. The van der Waals surface area contributed by atoms with Gasteiger partial charge in [0.1, 0.15) is 0 Å². The van der Waals surface area contributed by atoms with Crippen molar-refractivity contribution in [2.75, 3.05) is 0 Å². The van der Waals surface area contributed by atoms with Crippen molar-refractivity contribution >= 4 is 11.4 Å². The summed E-state index contributed by atoms with van der Waals surface area (Å²) in [7, 11) is 0. The molecule has 0 aliphatic rings.